The molecule has 0 radical (unpaired) electrons. The fraction of sp³-hybridized carbons (Fsp3) is 0.100. The monoisotopic (exact) mass is 256 g/mol. The van der Waals surface area contributed by atoms with E-state index in [0.29, 0.717) is 0 Å². The number of hydrogen-bond donors (Lipinski definition) is 0. The summed E-state index contributed by atoms with van der Waals surface area (Å²) in [5, 5.41) is 2.63. The van der Waals surface area contributed by atoms with Gasteiger partial charge in [-0.1, -0.05) is 72.8 Å². The fourth-order valence-corrected chi connectivity index (χ4v) is 2.89. The number of allylic oxidation sites excluding steroid dienone is 2. The molecular weight excluding hydrogens is 240 g/mol. The van der Waals surface area contributed by atoms with E-state index in [1.807, 2.05) is 0 Å². The lowest BCUT2D eigenvalue weighted by Crippen LogP contribution is -1.92. The first kappa shape index (κ1) is 11.5. The Labute approximate surface area is 119 Å². The van der Waals surface area contributed by atoms with Crippen molar-refractivity contribution in [3.63, 3.8) is 0 Å². The summed E-state index contributed by atoms with van der Waals surface area (Å²) in [4.78, 5) is 0. The van der Waals surface area contributed by atoms with Crippen LogP contribution in [0.25, 0.3) is 27.5 Å². The molecule has 3 aromatic rings. The Morgan fingerprint density at radius 1 is 0.650 bits per heavy atom. The fourth-order valence-electron chi connectivity index (χ4n) is 2.89. The molecule has 20 heavy (non-hydrogen) atoms. The van der Waals surface area contributed by atoms with Crippen LogP contribution in [-0.4, -0.2) is 0 Å². The van der Waals surface area contributed by atoms with Gasteiger partial charge in [0.2, 0.25) is 0 Å². The van der Waals surface area contributed by atoms with Crippen LogP contribution in [0.3, 0.4) is 0 Å². The maximum atomic E-state index is 2.33. The second kappa shape index (κ2) is 4.64. The summed E-state index contributed by atoms with van der Waals surface area (Å²) >= 11 is 0. The molecule has 0 N–H and O–H groups in total. The molecule has 0 fully saturated rings. The molecule has 0 nitrogen and oxygen atoms in total. The molecule has 96 valence electrons. The summed E-state index contributed by atoms with van der Waals surface area (Å²) < 4.78 is 0. The second-order valence-electron chi connectivity index (χ2n) is 5.37. The van der Waals surface area contributed by atoms with Gasteiger partial charge in [-0.15, -0.1) is 0 Å². The van der Waals surface area contributed by atoms with Gasteiger partial charge in [-0.3, -0.25) is 0 Å². The number of rotatable bonds is 2. The van der Waals surface area contributed by atoms with Gasteiger partial charge in [0, 0.05) is 0 Å². The molecule has 0 spiro atoms. The Hall–Kier alpha value is -2.34. The third-order valence-electron chi connectivity index (χ3n) is 4.16. The highest BCUT2D eigenvalue weighted by molar-refractivity contribution is 5.96. The van der Waals surface area contributed by atoms with Crippen molar-refractivity contribution in [3.8, 4) is 11.1 Å². The van der Waals surface area contributed by atoms with Crippen molar-refractivity contribution in [1.82, 2.24) is 0 Å². The predicted octanol–water partition coefficient (Wildman–Crippen LogP) is 5.68. The number of benzene rings is 3. The molecule has 1 aliphatic carbocycles. The summed E-state index contributed by atoms with van der Waals surface area (Å²) in [6.07, 6.45) is 4.79. The third-order valence-corrected chi connectivity index (χ3v) is 4.16. The molecule has 1 aliphatic rings. The standard InChI is InChI=1S/C20H16/c1-2-9-19-17(5-1)8-4-10-20(19)18-13-11-16(12-14-18)15-6-3-7-15/h1-2,4-6,8-14H,3,7H2. The Morgan fingerprint density at radius 2 is 1.35 bits per heavy atom. The lowest BCUT2D eigenvalue weighted by atomic mass is 9.90. The van der Waals surface area contributed by atoms with Crippen molar-refractivity contribution >= 4 is 16.3 Å². The third kappa shape index (κ3) is 1.85. The predicted molar refractivity (Wildman–Crippen MR) is 86.6 cm³/mol. The molecule has 0 heteroatoms. The number of fused-ring (bicyclic) bond motifs is 1. The van der Waals surface area contributed by atoms with Gasteiger partial charge in [0.05, 0.1) is 0 Å². The van der Waals surface area contributed by atoms with Crippen LogP contribution >= 0.6 is 0 Å². The first-order valence-corrected chi connectivity index (χ1v) is 7.19. The van der Waals surface area contributed by atoms with E-state index in [9.17, 15) is 0 Å². The minimum absolute atomic E-state index is 1.23. The van der Waals surface area contributed by atoms with Crippen molar-refractivity contribution in [2.24, 2.45) is 0 Å². The maximum Gasteiger partial charge on any atom is -0.0105 e. The van der Waals surface area contributed by atoms with Crippen molar-refractivity contribution < 1.29 is 0 Å². The molecule has 0 unspecified atom stereocenters. The van der Waals surface area contributed by atoms with E-state index in [-0.39, 0.29) is 0 Å². The van der Waals surface area contributed by atoms with Gasteiger partial charge in [0.15, 0.2) is 0 Å². The van der Waals surface area contributed by atoms with Crippen molar-refractivity contribution in [1.29, 1.82) is 0 Å². The van der Waals surface area contributed by atoms with Crippen molar-refractivity contribution in [2.45, 2.75) is 12.8 Å². The minimum atomic E-state index is 1.23. The average molecular weight is 256 g/mol. The molecule has 0 aliphatic heterocycles. The lowest BCUT2D eigenvalue weighted by molar-refractivity contribution is 0.988. The summed E-state index contributed by atoms with van der Waals surface area (Å²) in [7, 11) is 0. The van der Waals surface area contributed by atoms with Gasteiger partial charge in [-0.25, -0.2) is 0 Å². The van der Waals surface area contributed by atoms with Crippen LogP contribution in [0.2, 0.25) is 0 Å². The van der Waals surface area contributed by atoms with Gasteiger partial charge < -0.3 is 0 Å². The van der Waals surface area contributed by atoms with E-state index in [0.717, 1.165) is 0 Å². The number of hydrogen-bond acceptors (Lipinski definition) is 0. The molecule has 0 heterocycles. The topological polar surface area (TPSA) is 0 Å². The molecule has 0 bridgehead atoms. The van der Waals surface area contributed by atoms with Crippen LogP contribution in [0.5, 0.6) is 0 Å². The average Bonchev–Trinajstić information content (AvgIpc) is 2.46. The van der Waals surface area contributed by atoms with Gasteiger partial charge >= 0.3 is 0 Å². The Bertz CT molecular complexity index is 786. The smallest absolute Gasteiger partial charge is 0.0105 e. The zero-order chi connectivity index (χ0) is 13.4. The maximum absolute atomic E-state index is 2.33. The summed E-state index contributed by atoms with van der Waals surface area (Å²) in [6, 6.07) is 24.1. The Kier molecular flexibility index (Phi) is 2.67. The van der Waals surface area contributed by atoms with E-state index in [2.05, 4.69) is 72.8 Å². The summed E-state index contributed by atoms with van der Waals surface area (Å²) in [5.74, 6) is 0. The highest BCUT2D eigenvalue weighted by Crippen LogP contribution is 2.32. The molecule has 0 amide bonds. The minimum Gasteiger partial charge on any atom is -0.0804 e. The molecule has 0 aromatic heterocycles. The molecule has 0 saturated heterocycles. The zero-order valence-corrected chi connectivity index (χ0v) is 11.3. The van der Waals surface area contributed by atoms with Crippen molar-refractivity contribution in [2.75, 3.05) is 0 Å². The highest BCUT2D eigenvalue weighted by atomic mass is 14.1. The molecule has 3 aromatic carbocycles. The lowest BCUT2D eigenvalue weighted by Gasteiger charge is -2.15. The van der Waals surface area contributed by atoms with Gasteiger partial charge in [0.25, 0.3) is 0 Å². The van der Waals surface area contributed by atoms with E-state index >= 15 is 0 Å². The van der Waals surface area contributed by atoms with Crippen LogP contribution in [0.1, 0.15) is 18.4 Å². The Morgan fingerprint density at radius 3 is 2.10 bits per heavy atom. The van der Waals surface area contributed by atoms with Crippen LogP contribution in [-0.2, 0) is 0 Å². The van der Waals surface area contributed by atoms with Crippen LogP contribution in [0.4, 0.5) is 0 Å². The van der Waals surface area contributed by atoms with Gasteiger partial charge in [-0.05, 0) is 45.9 Å². The quantitative estimate of drug-likeness (QED) is 0.553. The zero-order valence-electron chi connectivity index (χ0n) is 11.3. The van der Waals surface area contributed by atoms with E-state index in [1.54, 1.807) is 0 Å². The Balaban J connectivity index is 1.82. The summed E-state index contributed by atoms with van der Waals surface area (Å²) in [6.45, 7) is 0. The van der Waals surface area contributed by atoms with E-state index in [4.69, 9.17) is 0 Å². The second-order valence-corrected chi connectivity index (χ2v) is 5.37. The molecule has 4 rings (SSSR count). The first-order valence-electron chi connectivity index (χ1n) is 7.19. The SMILES string of the molecule is C1=C(c2ccc(-c3cccc4ccccc34)cc2)CC1. The van der Waals surface area contributed by atoms with Crippen LogP contribution in [0, 0.1) is 0 Å². The van der Waals surface area contributed by atoms with Crippen LogP contribution in [0.15, 0.2) is 72.8 Å². The first-order chi connectivity index (χ1) is 9.92. The molecule has 0 saturated carbocycles. The largest absolute Gasteiger partial charge is 0.0804 e. The summed E-state index contributed by atoms with van der Waals surface area (Å²) in [5.41, 5.74) is 5.48. The molecular formula is C20H16. The van der Waals surface area contributed by atoms with Gasteiger partial charge in [0.1, 0.15) is 0 Å². The van der Waals surface area contributed by atoms with Crippen LogP contribution < -0.4 is 0 Å². The van der Waals surface area contributed by atoms with Crippen molar-refractivity contribution in [3.05, 3.63) is 78.4 Å². The van der Waals surface area contributed by atoms with E-state index < -0.39 is 0 Å². The molecule has 0 atom stereocenters. The van der Waals surface area contributed by atoms with E-state index in [1.165, 1.54) is 45.9 Å². The highest BCUT2D eigenvalue weighted by Gasteiger charge is 2.09. The normalized spacial score (nSPS) is 13.9. The van der Waals surface area contributed by atoms with Gasteiger partial charge in [-0.2, -0.15) is 0 Å².